The van der Waals surface area contributed by atoms with E-state index < -0.39 is 99.7 Å². The molecule has 0 aromatic carbocycles. The minimum Gasteiger partial charge on any atom is -0.394 e. The van der Waals surface area contributed by atoms with Gasteiger partial charge in [-0.3, -0.25) is 0 Å². The summed E-state index contributed by atoms with van der Waals surface area (Å²) in [7, 11) is 0. The molecule has 37 heavy (non-hydrogen) atoms. The van der Waals surface area contributed by atoms with Crippen molar-refractivity contribution < 1.29 is 74.7 Å². The number of aliphatic hydroxyl groups is 10. The largest absolute Gasteiger partial charge is 0.394 e. The van der Waals surface area contributed by atoms with Gasteiger partial charge in [-0.05, 0) is 20.3 Å². The van der Waals surface area contributed by atoms with Crippen LogP contribution in [0.2, 0.25) is 0 Å². The monoisotopic (exact) mass is 566 g/mol. The van der Waals surface area contributed by atoms with E-state index in [2.05, 4.69) is 12.6 Å². The Labute approximate surface area is 220 Å². The average molecular weight is 567 g/mol. The standard InChI is InChI=1S/C21H42O15S/c1-9(24)13(6-22)34-12(18(28)29)5-11-16(26)15(36-20(17(11)27)32-3-4-37)8-33-21(19(30)31)35-14(7-23)10(2)25/h9-31,37H,3-8H2,1-2H3/t9-,10-,11?,12?,13?,14?,15?,16?,17?,20?,21?/m0/s1. The van der Waals surface area contributed by atoms with Gasteiger partial charge >= 0.3 is 0 Å². The Hall–Kier alpha value is -0.250. The van der Waals surface area contributed by atoms with Gasteiger partial charge in [0, 0.05) is 11.7 Å². The minimum absolute atomic E-state index is 0.0338. The molecule has 1 aliphatic heterocycles. The number of hydrogen-bond acceptors (Lipinski definition) is 16. The highest BCUT2D eigenvalue weighted by molar-refractivity contribution is 7.80. The third-order valence-electron chi connectivity index (χ3n) is 5.82. The van der Waals surface area contributed by atoms with E-state index in [0.29, 0.717) is 0 Å². The highest BCUT2D eigenvalue weighted by Gasteiger charge is 2.47. The SMILES string of the molecule is C[C@H](O)C(CO)OC(CC1C(O)C(COC(OC(CO)[C@H](C)O)C(O)O)OC(OCCS)C1O)C(O)O. The van der Waals surface area contributed by atoms with Gasteiger partial charge in [-0.2, -0.15) is 12.6 Å². The Morgan fingerprint density at radius 1 is 0.811 bits per heavy atom. The molecule has 0 aliphatic carbocycles. The van der Waals surface area contributed by atoms with E-state index in [-0.39, 0.29) is 18.8 Å². The van der Waals surface area contributed by atoms with E-state index in [9.17, 15) is 51.1 Å². The lowest BCUT2D eigenvalue weighted by molar-refractivity contribution is -0.321. The van der Waals surface area contributed by atoms with E-state index in [4.69, 9.17) is 23.7 Å². The molecular weight excluding hydrogens is 524 g/mol. The normalized spacial score (nSPS) is 29.8. The highest BCUT2D eigenvalue weighted by atomic mass is 32.1. The molecule has 16 heteroatoms. The second-order valence-corrected chi connectivity index (χ2v) is 9.23. The molecule has 15 nitrogen and oxygen atoms in total. The van der Waals surface area contributed by atoms with Crippen LogP contribution < -0.4 is 0 Å². The van der Waals surface area contributed by atoms with Gasteiger partial charge in [0.15, 0.2) is 12.6 Å². The van der Waals surface area contributed by atoms with Gasteiger partial charge in [0.2, 0.25) is 12.6 Å². The molecule has 0 radical (unpaired) electrons. The molecule has 222 valence electrons. The first-order chi connectivity index (χ1) is 17.4. The Bertz CT molecular complexity index is 598. The summed E-state index contributed by atoms with van der Waals surface area (Å²) in [5.74, 6) is -0.920. The topological polar surface area (TPSA) is 248 Å². The first-order valence-corrected chi connectivity index (χ1v) is 12.5. The van der Waals surface area contributed by atoms with Crippen molar-refractivity contribution in [2.75, 3.05) is 32.2 Å². The Balaban J connectivity index is 3.07. The van der Waals surface area contributed by atoms with Crippen molar-refractivity contribution in [3.63, 3.8) is 0 Å². The maximum absolute atomic E-state index is 10.9. The third kappa shape index (κ3) is 11.0. The zero-order chi connectivity index (χ0) is 28.3. The molecular formula is C21H42O15S. The van der Waals surface area contributed by atoms with Crippen LogP contribution in [-0.2, 0) is 23.7 Å². The molecule has 1 saturated heterocycles. The van der Waals surface area contributed by atoms with Crippen LogP contribution in [0.25, 0.3) is 0 Å². The van der Waals surface area contributed by atoms with Crippen molar-refractivity contribution in [2.24, 2.45) is 5.92 Å². The molecule has 0 aromatic heterocycles. The number of ether oxygens (including phenoxy) is 5. The van der Waals surface area contributed by atoms with Gasteiger partial charge in [0.1, 0.15) is 30.5 Å². The quantitative estimate of drug-likeness (QED) is 0.0550. The number of thiol groups is 1. The maximum atomic E-state index is 10.9. The van der Waals surface area contributed by atoms with Crippen LogP contribution in [0.4, 0.5) is 0 Å². The van der Waals surface area contributed by atoms with E-state index in [1.165, 1.54) is 13.8 Å². The van der Waals surface area contributed by atoms with Gasteiger partial charge in [0.25, 0.3) is 0 Å². The second-order valence-electron chi connectivity index (χ2n) is 8.78. The van der Waals surface area contributed by atoms with Crippen LogP contribution in [0.15, 0.2) is 0 Å². The summed E-state index contributed by atoms with van der Waals surface area (Å²) in [5, 5.41) is 98.6. The lowest BCUT2D eigenvalue weighted by atomic mass is 9.84. The summed E-state index contributed by atoms with van der Waals surface area (Å²) in [5.41, 5.74) is 0. The summed E-state index contributed by atoms with van der Waals surface area (Å²) < 4.78 is 26.9. The van der Waals surface area contributed by atoms with Crippen LogP contribution in [0.5, 0.6) is 0 Å². The van der Waals surface area contributed by atoms with Gasteiger partial charge < -0.3 is 74.7 Å². The van der Waals surface area contributed by atoms with Gasteiger partial charge in [-0.1, -0.05) is 0 Å². The molecule has 0 spiro atoms. The predicted octanol–water partition coefficient (Wildman–Crippen LogP) is -4.76. The van der Waals surface area contributed by atoms with E-state index in [1.807, 2.05) is 0 Å². The van der Waals surface area contributed by atoms with Crippen LogP contribution in [-0.4, -0.2) is 157 Å². The summed E-state index contributed by atoms with van der Waals surface area (Å²) in [6.45, 7) is 0.806. The molecule has 0 aromatic rings. The first-order valence-electron chi connectivity index (χ1n) is 11.8. The fourth-order valence-corrected chi connectivity index (χ4v) is 3.76. The fraction of sp³-hybridized carbons (Fsp3) is 1.00. The average Bonchev–Trinajstić information content (AvgIpc) is 2.83. The van der Waals surface area contributed by atoms with Crippen molar-refractivity contribution >= 4 is 12.6 Å². The molecule has 11 atom stereocenters. The van der Waals surface area contributed by atoms with Crippen molar-refractivity contribution in [1.29, 1.82) is 0 Å². The molecule has 9 unspecified atom stereocenters. The smallest absolute Gasteiger partial charge is 0.209 e. The molecule has 0 amide bonds. The Morgan fingerprint density at radius 3 is 1.84 bits per heavy atom. The van der Waals surface area contributed by atoms with Crippen molar-refractivity contribution in [3.05, 3.63) is 0 Å². The summed E-state index contributed by atoms with van der Waals surface area (Å²) in [4.78, 5) is 0. The molecule has 1 rings (SSSR count). The lowest BCUT2D eigenvalue weighted by Crippen LogP contribution is -2.58. The summed E-state index contributed by atoms with van der Waals surface area (Å²) in [6, 6.07) is 0. The summed E-state index contributed by atoms with van der Waals surface area (Å²) >= 11 is 4.03. The van der Waals surface area contributed by atoms with Crippen LogP contribution in [0.3, 0.4) is 0 Å². The zero-order valence-electron chi connectivity index (χ0n) is 20.7. The molecule has 1 heterocycles. The Kier molecular flexibility index (Phi) is 16.4. The van der Waals surface area contributed by atoms with Crippen molar-refractivity contribution in [2.45, 2.75) is 94.3 Å². The van der Waals surface area contributed by atoms with Crippen LogP contribution >= 0.6 is 12.6 Å². The van der Waals surface area contributed by atoms with E-state index in [1.54, 1.807) is 0 Å². The fourth-order valence-electron chi connectivity index (χ4n) is 3.65. The van der Waals surface area contributed by atoms with Crippen molar-refractivity contribution in [3.8, 4) is 0 Å². The maximum Gasteiger partial charge on any atom is 0.209 e. The third-order valence-corrected chi connectivity index (χ3v) is 6.00. The minimum atomic E-state index is -2.20. The zero-order valence-corrected chi connectivity index (χ0v) is 21.6. The number of rotatable bonds is 18. The van der Waals surface area contributed by atoms with Crippen molar-refractivity contribution in [1.82, 2.24) is 0 Å². The second kappa shape index (κ2) is 17.4. The number of aliphatic hydroxyl groups excluding tert-OH is 8. The molecule has 0 bridgehead atoms. The van der Waals surface area contributed by atoms with Gasteiger partial charge in [-0.25, -0.2) is 0 Å². The summed E-state index contributed by atoms with van der Waals surface area (Å²) in [6.07, 6.45) is -18.3. The molecule has 1 fully saturated rings. The van der Waals surface area contributed by atoms with Gasteiger partial charge in [0.05, 0.1) is 44.7 Å². The molecule has 10 N–H and O–H groups in total. The Morgan fingerprint density at radius 2 is 1.38 bits per heavy atom. The molecule has 0 saturated carbocycles. The van der Waals surface area contributed by atoms with Crippen LogP contribution in [0.1, 0.15) is 20.3 Å². The van der Waals surface area contributed by atoms with Gasteiger partial charge in [-0.15, -0.1) is 0 Å². The van der Waals surface area contributed by atoms with Crippen LogP contribution in [0, 0.1) is 5.92 Å². The first kappa shape index (κ1) is 34.8. The van der Waals surface area contributed by atoms with E-state index >= 15 is 0 Å². The number of hydrogen-bond donors (Lipinski definition) is 11. The highest BCUT2D eigenvalue weighted by Crippen LogP contribution is 2.32. The van der Waals surface area contributed by atoms with E-state index in [0.717, 1.165) is 0 Å². The lowest BCUT2D eigenvalue weighted by Gasteiger charge is -2.44. The molecule has 1 aliphatic rings. The predicted molar refractivity (Wildman–Crippen MR) is 126 cm³/mol.